The van der Waals surface area contributed by atoms with Crippen LogP contribution in [0, 0.1) is 5.82 Å². The van der Waals surface area contributed by atoms with E-state index in [9.17, 15) is 17.6 Å². The summed E-state index contributed by atoms with van der Waals surface area (Å²) in [5, 5.41) is 2.91. The number of benzene rings is 1. The predicted octanol–water partition coefficient (Wildman–Crippen LogP) is 5.08. The Morgan fingerprint density at radius 3 is 2.40 bits per heavy atom. The van der Waals surface area contributed by atoms with E-state index in [4.69, 9.17) is 0 Å². The molecular formula is C15H21F4N. The molecule has 1 aromatic rings. The van der Waals surface area contributed by atoms with Gasteiger partial charge in [0.25, 0.3) is 0 Å². The molecule has 0 spiro atoms. The zero-order valence-electron chi connectivity index (χ0n) is 11.9. The standard InChI is InChI=1S/C15H21F4N/c1-3-4-5-6-7-14(20-2)12-10-11(15(17,18)19)8-9-13(12)16/h8-10,14,20H,3-7H2,1-2H3. The molecule has 1 rings (SSSR count). The van der Waals surface area contributed by atoms with Crippen LogP contribution in [0.4, 0.5) is 17.6 Å². The molecule has 0 amide bonds. The lowest BCUT2D eigenvalue weighted by molar-refractivity contribution is -0.137. The van der Waals surface area contributed by atoms with E-state index in [2.05, 4.69) is 12.2 Å². The van der Waals surface area contributed by atoms with Crippen LogP contribution in [0.5, 0.6) is 0 Å². The van der Waals surface area contributed by atoms with Crippen molar-refractivity contribution >= 4 is 0 Å². The minimum absolute atomic E-state index is 0.0961. The van der Waals surface area contributed by atoms with Crippen molar-refractivity contribution in [2.24, 2.45) is 0 Å². The first kappa shape index (κ1) is 17.0. The van der Waals surface area contributed by atoms with Crippen molar-refractivity contribution in [3.05, 3.63) is 35.1 Å². The number of alkyl halides is 3. The normalized spacial score (nSPS) is 13.5. The van der Waals surface area contributed by atoms with Crippen LogP contribution in [0.3, 0.4) is 0 Å². The van der Waals surface area contributed by atoms with Gasteiger partial charge in [-0.3, -0.25) is 0 Å². The third kappa shape index (κ3) is 4.78. The van der Waals surface area contributed by atoms with Gasteiger partial charge in [-0.25, -0.2) is 4.39 Å². The van der Waals surface area contributed by atoms with Gasteiger partial charge in [0.1, 0.15) is 5.82 Å². The molecule has 0 saturated carbocycles. The first-order valence-electron chi connectivity index (χ1n) is 6.94. The second-order valence-electron chi connectivity index (χ2n) is 4.92. The maximum Gasteiger partial charge on any atom is 0.416 e. The largest absolute Gasteiger partial charge is 0.416 e. The van der Waals surface area contributed by atoms with Crippen molar-refractivity contribution in [3.8, 4) is 0 Å². The average molecular weight is 291 g/mol. The van der Waals surface area contributed by atoms with Crippen molar-refractivity contribution in [3.63, 3.8) is 0 Å². The Morgan fingerprint density at radius 2 is 1.85 bits per heavy atom. The zero-order valence-corrected chi connectivity index (χ0v) is 11.9. The van der Waals surface area contributed by atoms with Gasteiger partial charge in [-0.15, -0.1) is 0 Å². The number of hydrogen-bond acceptors (Lipinski definition) is 1. The highest BCUT2D eigenvalue weighted by molar-refractivity contribution is 5.29. The molecule has 0 radical (unpaired) electrons. The summed E-state index contributed by atoms with van der Waals surface area (Å²) in [6.45, 7) is 2.09. The van der Waals surface area contributed by atoms with Gasteiger partial charge in [0.2, 0.25) is 0 Å². The predicted molar refractivity (Wildman–Crippen MR) is 72.0 cm³/mol. The van der Waals surface area contributed by atoms with Gasteiger partial charge >= 0.3 is 6.18 Å². The monoisotopic (exact) mass is 291 g/mol. The quantitative estimate of drug-likeness (QED) is 0.546. The van der Waals surface area contributed by atoms with Crippen LogP contribution >= 0.6 is 0 Å². The molecule has 0 aliphatic rings. The van der Waals surface area contributed by atoms with E-state index < -0.39 is 17.6 Å². The van der Waals surface area contributed by atoms with Gasteiger partial charge in [0.15, 0.2) is 0 Å². The van der Waals surface area contributed by atoms with Crippen LogP contribution in [0.2, 0.25) is 0 Å². The van der Waals surface area contributed by atoms with Gasteiger partial charge in [0.05, 0.1) is 5.56 Å². The summed E-state index contributed by atoms with van der Waals surface area (Å²) in [5.74, 6) is -0.590. The van der Waals surface area contributed by atoms with Crippen LogP contribution < -0.4 is 5.32 Å². The summed E-state index contributed by atoms with van der Waals surface area (Å²) in [4.78, 5) is 0. The van der Waals surface area contributed by atoms with Gasteiger partial charge in [0, 0.05) is 11.6 Å². The molecule has 1 aromatic carbocycles. The Morgan fingerprint density at radius 1 is 1.15 bits per heavy atom. The minimum Gasteiger partial charge on any atom is -0.313 e. The maximum atomic E-state index is 13.8. The Bertz CT molecular complexity index is 415. The smallest absolute Gasteiger partial charge is 0.313 e. The Hall–Kier alpha value is -1.10. The Balaban J connectivity index is 2.85. The molecule has 1 N–H and O–H groups in total. The lowest BCUT2D eigenvalue weighted by Crippen LogP contribution is -2.19. The Kier molecular flexibility index (Phi) is 6.46. The summed E-state index contributed by atoms with van der Waals surface area (Å²) < 4.78 is 51.8. The van der Waals surface area contributed by atoms with E-state index in [1.54, 1.807) is 7.05 Å². The molecule has 0 aliphatic heterocycles. The Labute approximate surface area is 117 Å². The number of unbranched alkanes of at least 4 members (excludes halogenated alkanes) is 3. The molecule has 20 heavy (non-hydrogen) atoms. The molecule has 0 fully saturated rings. The molecule has 1 unspecified atom stereocenters. The van der Waals surface area contributed by atoms with E-state index in [0.717, 1.165) is 43.9 Å². The first-order chi connectivity index (χ1) is 9.40. The lowest BCUT2D eigenvalue weighted by Gasteiger charge is -2.19. The molecule has 0 aromatic heterocycles. The van der Waals surface area contributed by atoms with E-state index in [1.165, 1.54) is 0 Å². The highest BCUT2D eigenvalue weighted by Gasteiger charge is 2.31. The molecule has 0 saturated heterocycles. The van der Waals surface area contributed by atoms with Crippen molar-refractivity contribution in [1.82, 2.24) is 5.32 Å². The summed E-state index contributed by atoms with van der Waals surface area (Å²) in [7, 11) is 1.64. The average Bonchev–Trinajstić information content (AvgIpc) is 2.39. The maximum absolute atomic E-state index is 13.8. The molecule has 0 heterocycles. The van der Waals surface area contributed by atoms with Gasteiger partial charge in [-0.05, 0) is 31.7 Å². The van der Waals surface area contributed by atoms with Crippen molar-refractivity contribution in [1.29, 1.82) is 0 Å². The topological polar surface area (TPSA) is 12.0 Å². The SMILES string of the molecule is CCCCCCC(NC)c1cc(C(F)(F)F)ccc1F. The van der Waals surface area contributed by atoms with Crippen LogP contribution in [0.15, 0.2) is 18.2 Å². The highest BCUT2D eigenvalue weighted by Crippen LogP contribution is 2.32. The number of halogens is 4. The lowest BCUT2D eigenvalue weighted by atomic mass is 9.97. The third-order valence-corrected chi connectivity index (χ3v) is 3.39. The molecule has 1 atom stereocenters. The van der Waals surface area contributed by atoms with E-state index in [1.807, 2.05) is 0 Å². The summed E-state index contributed by atoms with van der Waals surface area (Å²) in [6.07, 6.45) is 0.242. The van der Waals surface area contributed by atoms with Gasteiger partial charge in [-0.2, -0.15) is 13.2 Å². The van der Waals surface area contributed by atoms with E-state index in [-0.39, 0.29) is 11.6 Å². The van der Waals surface area contributed by atoms with Crippen molar-refractivity contribution < 1.29 is 17.6 Å². The van der Waals surface area contributed by atoms with Crippen LogP contribution in [-0.4, -0.2) is 7.05 Å². The molecule has 1 nitrogen and oxygen atoms in total. The number of hydrogen-bond donors (Lipinski definition) is 1. The fraction of sp³-hybridized carbons (Fsp3) is 0.600. The molecule has 0 aliphatic carbocycles. The highest BCUT2D eigenvalue weighted by atomic mass is 19.4. The number of nitrogens with one attached hydrogen (secondary N) is 1. The fourth-order valence-electron chi connectivity index (χ4n) is 2.22. The molecular weight excluding hydrogens is 270 g/mol. The number of rotatable bonds is 7. The van der Waals surface area contributed by atoms with Crippen molar-refractivity contribution in [2.45, 2.75) is 51.2 Å². The van der Waals surface area contributed by atoms with Gasteiger partial charge < -0.3 is 5.32 Å². The summed E-state index contributed by atoms with van der Waals surface area (Å²) in [5.41, 5.74) is -0.707. The second-order valence-corrected chi connectivity index (χ2v) is 4.92. The third-order valence-electron chi connectivity index (χ3n) is 3.39. The molecule has 0 bridgehead atoms. The van der Waals surface area contributed by atoms with Crippen molar-refractivity contribution in [2.75, 3.05) is 7.05 Å². The minimum atomic E-state index is -4.44. The van der Waals surface area contributed by atoms with Crippen LogP contribution in [0.25, 0.3) is 0 Å². The zero-order chi connectivity index (χ0) is 15.2. The fourth-order valence-corrected chi connectivity index (χ4v) is 2.22. The molecule has 5 heteroatoms. The second kappa shape index (κ2) is 7.62. The summed E-state index contributed by atoms with van der Waals surface area (Å²) in [6, 6.07) is 2.21. The van der Waals surface area contributed by atoms with Crippen LogP contribution in [-0.2, 0) is 6.18 Å². The van der Waals surface area contributed by atoms with Gasteiger partial charge in [-0.1, -0.05) is 32.6 Å². The first-order valence-corrected chi connectivity index (χ1v) is 6.94. The summed E-state index contributed by atoms with van der Waals surface area (Å²) >= 11 is 0. The van der Waals surface area contributed by atoms with Crippen LogP contribution in [0.1, 0.15) is 56.2 Å². The van der Waals surface area contributed by atoms with E-state index in [0.29, 0.717) is 6.42 Å². The van der Waals surface area contributed by atoms with E-state index >= 15 is 0 Å². The molecule has 114 valence electrons.